The van der Waals surface area contributed by atoms with Crippen molar-refractivity contribution in [3.05, 3.63) is 35.8 Å². The van der Waals surface area contributed by atoms with Gasteiger partial charge in [0.2, 0.25) is 0 Å². The molecule has 0 saturated carbocycles. The summed E-state index contributed by atoms with van der Waals surface area (Å²) < 4.78 is 1.81. The van der Waals surface area contributed by atoms with Gasteiger partial charge in [0.05, 0.1) is 11.3 Å². The normalized spacial score (nSPS) is 19.7. The fraction of sp³-hybridized carbons (Fsp3) is 0.429. The maximum absolute atomic E-state index is 10.9. The lowest BCUT2D eigenvalue weighted by Crippen LogP contribution is -2.13. The Balaban J connectivity index is 1.82. The second kappa shape index (κ2) is 5.25. The largest absolute Gasteiger partial charge is 0.478 e. The Morgan fingerprint density at radius 3 is 3.11 bits per heavy atom. The minimum atomic E-state index is -0.902. The number of carboxylic acids is 1. The van der Waals surface area contributed by atoms with Crippen LogP contribution in [0, 0.1) is 5.92 Å². The first kappa shape index (κ1) is 12.5. The van der Waals surface area contributed by atoms with E-state index in [1.807, 2.05) is 22.4 Å². The third-order valence-corrected chi connectivity index (χ3v) is 4.78. The molecular formula is C14H16N2O2S. The van der Waals surface area contributed by atoms with Crippen molar-refractivity contribution in [2.75, 3.05) is 11.5 Å². The van der Waals surface area contributed by atoms with Crippen LogP contribution < -0.4 is 0 Å². The van der Waals surface area contributed by atoms with Crippen molar-refractivity contribution in [3.63, 3.8) is 0 Å². The van der Waals surface area contributed by atoms with Gasteiger partial charge < -0.3 is 9.51 Å². The smallest absolute Gasteiger partial charge is 0.337 e. The summed E-state index contributed by atoms with van der Waals surface area (Å²) in [5.41, 5.74) is 2.18. The number of aromatic carboxylic acids is 1. The average Bonchev–Trinajstić information content (AvgIpc) is 2.80. The van der Waals surface area contributed by atoms with Crippen LogP contribution in [0.4, 0.5) is 0 Å². The number of fused-ring (bicyclic) bond motifs is 1. The number of carbonyl (C=O) groups is 1. The molecule has 2 aromatic heterocycles. The van der Waals surface area contributed by atoms with Crippen molar-refractivity contribution in [1.82, 2.24) is 9.38 Å². The standard InChI is InChI=1S/C14H16N2O2S/c17-14(18)11-3-4-13-15-12(8-16(13)7-11)6-10-2-1-5-19-9-10/h3-4,7-8,10H,1-2,5-6,9H2,(H,17,18). The van der Waals surface area contributed by atoms with Gasteiger partial charge in [-0.2, -0.15) is 11.8 Å². The number of hydrogen-bond donors (Lipinski definition) is 1. The highest BCUT2D eigenvalue weighted by molar-refractivity contribution is 7.99. The van der Waals surface area contributed by atoms with Gasteiger partial charge in [0.15, 0.2) is 0 Å². The van der Waals surface area contributed by atoms with Gasteiger partial charge in [-0.25, -0.2) is 9.78 Å². The van der Waals surface area contributed by atoms with E-state index in [1.54, 1.807) is 18.3 Å². The van der Waals surface area contributed by atoms with E-state index >= 15 is 0 Å². The Kier molecular flexibility index (Phi) is 3.46. The van der Waals surface area contributed by atoms with E-state index in [4.69, 9.17) is 5.11 Å². The van der Waals surface area contributed by atoms with Crippen LogP contribution in [0.1, 0.15) is 28.9 Å². The molecule has 3 heterocycles. The van der Waals surface area contributed by atoms with E-state index in [2.05, 4.69) is 4.98 Å². The number of pyridine rings is 1. The molecule has 5 heteroatoms. The zero-order valence-electron chi connectivity index (χ0n) is 10.6. The van der Waals surface area contributed by atoms with Gasteiger partial charge in [0.1, 0.15) is 5.65 Å². The molecule has 0 aliphatic carbocycles. The lowest BCUT2D eigenvalue weighted by atomic mass is 10.00. The van der Waals surface area contributed by atoms with E-state index in [-0.39, 0.29) is 0 Å². The quantitative estimate of drug-likeness (QED) is 0.936. The molecule has 1 aliphatic rings. The van der Waals surface area contributed by atoms with Crippen LogP contribution in [-0.4, -0.2) is 32.0 Å². The first-order valence-electron chi connectivity index (χ1n) is 6.51. The highest BCUT2D eigenvalue weighted by Gasteiger charge is 2.16. The summed E-state index contributed by atoms with van der Waals surface area (Å²) in [5.74, 6) is 2.31. The van der Waals surface area contributed by atoms with Crippen molar-refractivity contribution < 1.29 is 9.90 Å². The maximum Gasteiger partial charge on any atom is 0.337 e. The third kappa shape index (κ3) is 2.76. The Hall–Kier alpha value is -1.49. The molecule has 3 rings (SSSR count). The maximum atomic E-state index is 10.9. The minimum Gasteiger partial charge on any atom is -0.478 e. The van der Waals surface area contributed by atoms with Gasteiger partial charge in [-0.05, 0) is 48.8 Å². The molecule has 1 saturated heterocycles. The number of rotatable bonds is 3. The number of carboxylic acid groups (broad SMARTS) is 1. The van der Waals surface area contributed by atoms with Crippen LogP contribution >= 0.6 is 11.8 Å². The van der Waals surface area contributed by atoms with Crippen LogP contribution in [0.3, 0.4) is 0 Å². The molecule has 0 bridgehead atoms. The molecular weight excluding hydrogens is 260 g/mol. The average molecular weight is 276 g/mol. The zero-order valence-corrected chi connectivity index (χ0v) is 11.4. The van der Waals surface area contributed by atoms with E-state index in [9.17, 15) is 4.79 Å². The van der Waals surface area contributed by atoms with Gasteiger partial charge in [-0.15, -0.1) is 0 Å². The molecule has 0 amide bonds. The number of hydrogen-bond acceptors (Lipinski definition) is 3. The SMILES string of the molecule is O=C(O)c1ccc2nc(CC3CCCSC3)cn2c1. The summed E-state index contributed by atoms with van der Waals surface area (Å²) in [4.78, 5) is 15.5. The Morgan fingerprint density at radius 1 is 1.47 bits per heavy atom. The summed E-state index contributed by atoms with van der Waals surface area (Å²) in [6.45, 7) is 0. The zero-order chi connectivity index (χ0) is 13.2. The second-order valence-corrected chi connectivity index (χ2v) is 6.16. The lowest BCUT2D eigenvalue weighted by molar-refractivity contribution is 0.0696. The predicted octanol–water partition coefficient (Wildman–Crippen LogP) is 2.72. The highest BCUT2D eigenvalue weighted by atomic mass is 32.2. The first-order chi connectivity index (χ1) is 9.22. The number of thioether (sulfide) groups is 1. The van der Waals surface area contributed by atoms with Crippen LogP contribution in [0.25, 0.3) is 5.65 Å². The molecule has 1 N–H and O–H groups in total. The summed E-state index contributed by atoms with van der Waals surface area (Å²) >= 11 is 2.02. The molecule has 1 atom stereocenters. The van der Waals surface area contributed by atoms with Crippen LogP contribution in [0.5, 0.6) is 0 Å². The second-order valence-electron chi connectivity index (χ2n) is 5.01. The van der Waals surface area contributed by atoms with Crippen molar-refractivity contribution in [2.24, 2.45) is 5.92 Å². The summed E-state index contributed by atoms with van der Waals surface area (Å²) in [7, 11) is 0. The van der Waals surface area contributed by atoms with Gasteiger partial charge in [0.25, 0.3) is 0 Å². The van der Waals surface area contributed by atoms with E-state index in [0.717, 1.165) is 17.8 Å². The van der Waals surface area contributed by atoms with Gasteiger partial charge in [-0.3, -0.25) is 0 Å². The minimum absolute atomic E-state index is 0.296. The van der Waals surface area contributed by atoms with Crippen molar-refractivity contribution in [1.29, 1.82) is 0 Å². The Labute approximate surface area is 115 Å². The van der Waals surface area contributed by atoms with E-state index < -0.39 is 5.97 Å². The topological polar surface area (TPSA) is 54.6 Å². The van der Waals surface area contributed by atoms with Crippen molar-refractivity contribution >= 4 is 23.4 Å². The molecule has 1 unspecified atom stereocenters. The lowest BCUT2D eigenvalue weighted by Gasteiger charge is -2.19. The molecule has 2 aromatic rings. The molecule has 0 spiro atoms. The number of aromatic nitrogens is 2. The van der Waals surface area contributed by atoms with Crippen LogP contribution in [0.2, 0.25) is 0 Å². The monoisotopic (exact) mass is 276 g/mol. The van der Waals surface area contributed by atoms with Crippen molar-refractivity contribution in [3.8, 4) is 0 Å². The van der Waals surface area contributed by atoms with E-state index in [1.165, 1.54) is 24.3 Å². The number of nitrogens with zero attached hydrogens (tertiary/aromatic N) is 2. The fourth-order valence-corrected chi connectivity index (χ4v) is 3.69. The van der Waals surface area contributed by atoms with Gasteiger partial charge >= 0.3 is 5.97 Å². The predicted molar refractivity (Wildman–Crippen MR) is 75.9 cm³/mol. The highest BCUT2D eigenvalue weighted by Crippen LogP contribution is 2.25. The Bertz CT molecular complexity index is 603. The fourth-order valence-electron chi connectivity index (χ4n) is 2.53. The first-order valence-corrected chi connectivity index (χ1v) is 7.66. The molecule has 4 nitrogen and oxygen atoms in total. The summed E-state index contributed by atoms with van der Waals surface area (Å²) in [5, 5.41) is 8.98. The molecule has 1 aliphatic heterocycles. The summed E-state index contributed by atoms with van der Waals surface area (Å²) in [6.07, 6.45) is 7.16. The van der Waals surface area contributed by atoms with Crippen molar-refractivity contribution in [2.45, 2.75) is 19.3 Å². The third-order valence-electron chi connectivity index (χ3n) is 3.50. The van der Waals surface area contributed by atoms with E-state index in [0.29, 0.717) is 11.5 Å². The summed E-state index contributed by atoms with van der Waals surface area (Å²) in [6, 6.07) is 3.37. The Morgan fingerprint density at radius 2 is 2.37 bits per heavy atom. The molecule has 0 radical (unpaired) electrons. The van der Waals surface area contributed by atoms with Crippen LogP contribution in [0.15, 0.2) is 24.5 Å². The van der Waals surface area contributed by atoms with Gasteiger partial charge in [0, 0.05) is 12.4 Å². The molecule has 1 fully saturated rings. The number of imidazole rings is 1. The molecule has 0 aromatic carbocycles. The van der Waals surface area contributed by atoms with Crippen LogP contribution in [-0.2, 0) is 6.42 Å². The van der Waals surface area contributed by atoms with Gasteiger partial charge in [-0.1, -0.05) is 0 Å². The molecule has 19 heavy (non-hydrogen) atoms. The molecule has 100 valence electrons.